The van der Waals surface area contributed by atoms with Gasteiger partial charge in [-0.3, -0.25) is 4.98 Å². The molecule has 0 unspecified atom stereocenters. The van der Waals surface area contributed by atoms with Gasteiger partial charge in [-0.2, -0.15) is 0 Å². The number of hydrogen-bond acceptors (Lipinski definition) is 5. The first-order valence-electron chi connectivity index (χ1n) is 5.97. The van der Waals surface area contributed by atoms with Crippen LogP contribution in [0.25, 0.3) is 11.5 Å². The molecular formula is C13H10ClF2N3O2. The van der Waals surface area contributed by atoms with Crippen molar-refractivity contribution in [2.75, 3.05) is 6.61 Å². The summed E-state index contributed by atoms with van der Waals surface area (Å²) in [6, 6.07) is 3.13. The quantitative estimate of drug-likeness (QED) is 0.810. The molecule has 0 amide bonds. The molecule has 8 heteroatoms. The van der Waals surface area contributed by atoms with Crippen LogP contribution in [0.2, 0.25) is 5.02 Å². The fourth-order valence-electron chi connectivity index (χ4n) is 1.59. The Hall–Kier alpha value is -2.15. The van der Waals surface area contributed by atoms with Gasteiger partial charge in [-0.15, -0.1) is 0 Å². The SMILES string of the molecule is CCOC(=O)c1cnc(-c2ncccc2Cl)nc1C(F)F. The van der Waals surface area contributed by atoms with E-state index in [0.717, 1.165) is 6.20 Å². The molecule has 0 saturated heterocycles. The van der Waals surface area contributed by atoms with Gasteiger partial charge in [-0.25, -0.2) is 23.5 Å². The number of halogens is 3. The maximum atomic E-state index is 13.1. The van der Waals surface area contributed by atoms with Crippen LogP contribution in [0.4, 0.5) is 8.78 Å². The molecule has 0 saturated carbocycles. The first kappa shape index (κ1) is 15.2. The number of nitrogens with zero attached hydrogens (tertiary/aromatic N) is 3. The average molecular weight is 314 g/mol. The summed E-state index contributed by atoms with van der Waals surface area (Å²) in [7, 11) is 0. The Morgan fingerprint density at radius 2 is 2.19 bits per heavy atom. The summed E-state index contributed by atoms with van der Waals surface area (Å²) in [5.74, 6) is -0.976. The molecule has 2 heterocycles. The van der Waals surface area contributed by atoms with E-state index in [1.807, 2.05) is 0 Å². The van der Waals surface area contributed by atoms with Crippen LogP contribution in [0, 0.1) is 0 Å². The Labute approximate surface area is 124 Å². The lowest BCUT2D eigenvalue weighted by Gasteiger charge is -2.09. The molecule has 2 aromatic heterocycles. The summed E-state index contributed by atoms with van der Waals surface area (Å²) >= 11 is 5.92. The van der Waals surface area contributed by atoms with Crippen molar-refractivity contribution in [3.63, 3.8) is 0 Å². The first-order chi connectivity index (χ1) is 10.0. The van der Waals surface area contributed by atoms with Gasteiger partial charge in [0.25, 0.3) is 6.43 Å². The highest BCUT2D eigenvalue weighted by atomic mass is 35.5. The predicted octanol–water partition coefficient (Wildman–Crippen LogP) is 3.31. The Bertz CT molecular complexity index is 668. The monoisotopic (exact) mass is 313 g/mol. The lowest BCUT2D eigenvalue weighted by molar-refractivity contribution is 0.0513. The number of esters is 1. The number of carbonyl (C=O) groups excluding carboxylic acids is 1. The van der Waals surface area contributed by atoms with E-state index in [0.29, 0.717) is 0 Å². The van der Waals surface area contributed by atoms with E-state index in [4.69, 9.17) is 16.3 Å². The van der Waals surface area contributed by atoms with Gasteiger partial charge < -0.3 is 4.74 Å². The van der Waals surface area contributed by atoms with Crippen LogP contribution in [-0.2, 0) is 4.74 Å². The maximum absolute atomic E-state index is 13.1. The molecular weight excluding hydrogens is 304 g/mol. The van der Waals surface area contributed by atoms with E-state index < -0.39 is 18.1 Å². The summed E-state index contributed by atoms with van der Waals surface area (Å²) < 4.78 is 30.8. The van der Waals surface area contributed by atoms with Gasteiger partial charge in [0.15, 0.2) is 5.82 Å². The van der Waals surface area contributed by atoms with E-state index in [1.165, 1.54) is 12.3 Å². The first-order valence-corrected chi connectivity index (χ1v) is 6.35. The third-order valence-corrected chi connectivity index (χ3v) is 2.80. The fourth-order valence-corrected chi connectivity index (χ4v) is 1.80. The second-order valence-electron chi connectivity index (χ2n) is 3.85. The van der Waals surface area contributed by atoms with Crippen molar-refractivity contribution in [2.24, 2.45) is 0 Å². The number of carbonyl (C=O) groups is 1. The van der Waals surface area contributed by atoms with E-state index in [1.54, 1.807) is 13.0 Å². The van der Waals surface area contributed by atoms with Crippen LogP contribution in [0.1, 0.15) is 29.4 Å². The molecule has 0 aliphatic heterocycles. The standard InChI is InChI=1S/C13H10ClF2N3O2/c1-2-21-13(20)7-6-18-12(19-9(7)11(15)16)10-8(14)4-3-5-17-10/h3-6,11H,2H2,1H3. The van der Waals surface area contributed by atoms with Gasteiger partial charge in [0.05, 0.1) is 11.6 Å². The zero-order valence-electron chi connectivity index (χ0n) is 10.9. The van der Waals surface area contributed by atoms with Crippen molar-refractivity contribution in [1.82, 2.24) is 15.0 Å². The summed E-state index contributed by atoms with van der Waals surface area (Å²) in [6.07, 6.45) is -0.521. The van der Waals surface area contributed by atoms with Crippen molar-refractivity contribution in [3.8, 4) is 11.5 Å². The van der Waals surface area contributed by atoms with Crippen molar-refractivity contribution < 1.29 is 18.3 Å². The summed E-state index contributed by atoms with van der Waals surface area (Å²) in [5.41, 5.74) is -0.917. The van der Waals surface area contributed by atoms with Crippen LogP contribution in [0.15, 0.2) is 24.5 Å². The van der Waals surface area contributed by atoms with Gasteiger partial charge in [0, 0.05) is 12.4 Å². The molecule has 0 spiro atoms. The second kappa shape index (κ2) is 6.53. The maximum Gasteiger partial charge on any atom is 0.341 e. The topological polar surface area (TPSA) is 65.0 Å². The van der Waals surface area contributed by atoms with Crippen LogP contribution in [-0.4, -0.2) is 27.5 Å². The lowest BCUT2D eigenvalue weighted by atomic mass is 10.2. The Morgan fingerprint density at radius 1 is 1.43 bits per heavy atom. The highest BCUT2D eigenvalue weighted by Gasteiger charge is 2.23. The van der Waals surface area contributed by atoms with Gasteiger partial charge >= 0.3 is 5.97 Å². The molecule has 5 nitrogen and oxygen atoms in total. The number of aromatic nitrogens is 3. The fraction of sp³-hybridized carbons (Fsp3) is 0.231. The third-order valence-electron chi connectivity index (χ3n) is 2.49. The van der Waals surface area contributed by atoms with Crippen molar-refractivity contribution >= 4 is 17.6 Å². The van der Waals surface area contributed by atoms with E-state index >= 15 is 0 Å². The van der Waals surface area contributed by atoms with E-state index in [-0.39, 0.29) is 28.7 Å². The summed E-state index contributed by atoms with van der Waals surface area (Å²) in [6.45, 7) is 1.64. The minimum Gasteiger partial charge on any atom is -0.462 e. The Balaban J connectivity index is 2.51. The molecule has 0 bridgehead atoms. The van der Waals surface area contributed by atoms with Crippen LogP contribution in [0.3, 0.4) is 0 Å². The van der Waals surface area contributed by atoms with Gasteiger partial charge in [-0.05, 0) is 19.1 Å². The number of rotatable bonds is 4. The molecule has 0 aromatic carbocycles. The molecule has 0 fully saturated rings. The Morgan fingerprint density at radius 3 is 2.81 bits per heavy atom. The number of pyridine rings is 1. The van der Waals surface area contributed by atoms with Crippen LogP contribution < -0.4 is 0 Å². The minimum absolute atomic E-state index is 0.0648. The lowest BCUT2D eigenvalue weighted by Crippen LogP contribution is -2.12. The van der Waals surface area contributed by atoms with Crippen LogP contribution >= 0.6 is 11.6 Å². The van der Waals surface area contributed by atoms with E-state index in [2.05, 4.69) is 15.0 Å². The summed E-state index contributed by atoms with van der Waals surface area (Å²) in [4.78, 5) is 23.1. The molecule has 0 N–H and O–H groups in total. The summed E-state index contributed by atoms with van der Waals surface area (Å²) in [5, 5.41) is 0.224. The molecule has 0 atom stereocenters. The molecule has 0 aliphatic carbocycles. The second-order valence-corrected chi connectivity index (χ2v) is 4.25. The zero-order chi connectivity index (χ0) is 15.4. The number of alkyl halides is 2. The minimum atomic E-state index is -2.95. The normalized spacial score (nSPS) is 10.7. The smallest absolute Gasteiger partial charge is 0.341 e. The molecule has 2 rings (SSSR count). The Kier molecular flexibility index (Phi) is 4.74. The van der Waals surface area contributed by atoms with Gasteiger partial charge in [0.1, 0.15) is 17.0 Å². The van der Waals surface area contributed by atoms with Crippen molar-refractivity contribution in [3.05, 3.63) is 40.8 Å². The largest absolute Gasteiger partial charge is 0.462 e. The molecule has 0 radical (unpaired) electrons. The van der Waals surface area contributed by atoms with Crippen molar-refractivity contribution in [2.45, 2.75) is 13.3 Å². The average Bonchev–Trinajstić information content (AvgIpc) is 2.47. The van der Waals surface area contributed by atoms with E-state index in [9.17, 15) is 13.6 Å². The molecule has 110 valence electrons. The number of ether oxygens (including phenoxy) is 1. The molecule has 2 aromatic rings. The third kappa shape index (κ3) is 3.30. The van der Waals surface area contributed by atoms with Gasteiger partial charge in [0.2, 0.25) is 0 Å². The number of hydrogen-bond donors (Lipinski definition) is 0. The molecule has 21 heavy (non-hydrogen) atoms. The van der Waals surface area contributed by atoms with Gasteiger partial charge in [-0.1, -0.05) is 11.6 Å². The van der Waals surface area contributed by atoms with Crippen molar-refractivity contribution in [1.29, 1.82) is 0 Å². The predicted molar refractivity (Wildman–Crippen MR) is 71.2 cm³/mol. The highest BCUT2D eigenvalue weighted by molar-refractivity contribution is 6.32. The molecule has 0 aliphatic rings. The highest BCUT2D eigenvalue weighted by Crippen LogP contribution is 2.26. The van der Waals surface area contributed by atoms with Crippen LogP contribution in [0.5, 0.6) is 0 Å². The zero-order valence-corrected chi connectivity index (χ0v) is 11.6.